The average Bonchev–Trinajstić information content (AvgIpc) is 2.47. The number of aryl methyl sites for hydroxylation is 1. The summed E-state index contributed by atoms with van der Waals surface area (Å²) in [6.07, 6.45) is 6.20. The molecule has 0 aliphatic heterocycles. The van der Waals surface area contributed by atoms with Crippen LogP contribution in [0.4, 0.5) is 0 Å². The number of hydrogen-bond donors (Lipinski definition) is 1. The first kappa shape index (κ1) is 15.0. The largest absolute Gasteiger partial charge is 0.339 e. The zero-order valence-corrected chi connectivity index (χ0v) is 12.7. The summed E-state index contributed by atoms with van der Waals surface area (Å²) >= 11 is 0. The van der Waals surface area contributed by atoms with Gasteiger partial charge < -0.3 is 10.2 Å². The highest BCUT2D eigenvalue weighted by Crippen LogP contribution is 2.23. The van der Waals surface area contributed by atoms with E-state index in [1.165, 1.54) is 0 Å². The van der Waals surface area contributed by atoms with Gasteiger partial charge in [-0.05, 0) is 51.3 Å². The summed E-state index contributed by atoms with van der Waals surface area (Å²) in [5.41, 5.74) is 1.63. The number of hydrogen-bond acceptors (Lipinski definition) is 3. The second-order valence-corrected chi connectivity index (χ2v) is 5.67. The van der Waals surface area contributed by atoms with Gasteiger partial charge in [0.25, 0.3) is 5.91 Å². The third kappa shape index (κ3) is 3.57. The number of carbonyl (C=O) groups excluding carboxylic acids is 1. The summed E-state index contributed by atoms with van der Waals surface area (Å²) in [5.74, 6) is 0.113. The molecular weight excluding hydrogens is 250 g/mol. The molecule has 0 spiro atoms. The van der Waals surface area contributed by atoms with E-state index < -0.39 is 0 Å². The predicted octanol–water partition coefficient (Wildman–Crippen LogP) is 2.38. The van der Waals surface area contributed by atoms with E-state index in [1.54, 1.807) is 12.3 Å². The molecule has 4 heteroatoms. The predicted molar refractivity (Wildman–Crippen MR) is 80.8 cm³/mol. The van der Waals surface area contributed by atoms with E-state index in [0.29, 0.717) is 12.1 Å². The van der Waals surface area contributed by atoms with Crippen LogP contribution < -0.4 is 5.32 Å². The first-order valence-corrected chi connectivity index (χ1v) is 7.55. The van der Waals surface area contributed by atoms with E-state index >= 15 is 0 Å². The lowest BCUT2D eigenvalue weighted by Gasteiger charge is -2.35. The molecule has 1 N–H and O–H groups in total. The second-order valence-electron chi connectivity index (χ2n) is 5.67. The van der Waals surface area contributed by atoms with Crippen molar-refractivity contribution in [3.63, 3.8) is 0 Å². The topological polar surface area (TPSA) is 45.2 Å². The summed E-state index contributed by atoms with van der Waals surface area (Å²) < 4.78 is 0. The Kier molecular flexibility index (Phi) is 5.12. The van der Waals surface area contributed by atoms with Crippen LogP contribution in [0, 0.1) is 6.92 Å². The number of amides is 1. The summed E-state index contributed by atoms with van der Waals surface area (Å²) in [7, 11) is 1.93. The van der Waals surface area contributed by atoms with Crippen molar-refractivity contribution in [2.75, 3.05) is 13.6 Å². The maximum Gasteiger partial charge on any atom is 0.253 e. The Balaban J connectivity index is 1.95. The van der Waals surface area contributed by atoms with Crippen LogP contribution in [0.5, 0.6) is 0 Å². The van der Waals surface area contributed by atoms with Crippen LogP contribution in [-0.4, -0.2) is 41.5 Å². The summed E-state index contributed by atoms with van der Waals surface area (Å²) in [6, 6.07) is 4.66. The Labute approximate surface area is 121 Å². The zero-order chi connectivity index (χ0) is 14.5. The molecule has 0 saturated heterocycles. The fourth-order valence-corrected chi connectivity index (χ4v) is 3.00. The molecule has 0 atom stereocenters. The van der Waals surface area contributed by atoms with E-state index in [1.807, 2.05) is 24.9 Å². The van der Waals surface area contributed by atoms with Crippen LogP contribution in [0.2, 0.25) is 0 Å². The van der Waals surface area contributed by atoms with Crippen molar-refractivity contribution in [1.29, 1.82) is 0 Å². The molecule has 2 rings (SSSR count). The van der Waals surface area contributed by atoms with Gasteiger partial charge in [0.2, 0.25) is 0 Å². The number of pyridine rings is 1. The quantitative estimate of drug-likeness (QED) is 0.917. The van der Waals surface area contributed by atoms with E-state index in [-0.39, 0.29) is 5.91 Å². The molecule has 1 fully saturated rings. The number of aromatic nitrogens is 1. The van der Waals surface area contributed by atoms with Gasteiger partial charge in [0.15, 0.2) is 0 Å². The normalized spacial score (nSPS) is 22.6. The van der Waals surface area contributed by atoms with E-state index in [0.717, 1.165) is 43.5 Å². The fraction of sp³-hybridized carbons (Fsp3) is 0.625. The lowest BCUT2D eigenvalue weighted by molar-refractivity contribution is 0.0684. The lowest BCUT2D eigenvalue weighted by Crippen LogP contribution is -2.43. The molecule has 1 aromatic rings. The first-order chi connectivity index (χ1) is 9.61. The standard InChI is InChI=1S/C16H25N3O/c1-4-17-14-5-7-15(8-6-14)19(3)16(20)13-9-10-18-12(2)11-13/h9-11,14-15,17H,4-8H2,1-3H3. The summed E-state index contributed by atoms with van der Waals surface area (Å²) in [6.45, 7) is 5.09. The van der Waals surface area contributed by atoms with Gasteiger partial charge in [-0.15, -0.1) is 0 Å². The van der Waals surface area contributed by atoms with Crippen LogP contribution in [0.1, 0.15) is 48.7 Å². The molecule has 1 saturated carbocycles. The minimum absolute atomic E-state index is 0.113. The van der Waals surface area contributed by atoms with Gasteiger partial charge in [0.05, 0.1) is 0 Å². The van der Waals surface area contributed by atoms with Crippen molar-refractivity contribution < 1.29 is 4.79 Å². The molecule has 20 heavy (non-hydrogen) atoms. The maximum atomic E-state index is 12.5. The smallest absolute Gasteiger partial charge is 0.253 e. The molecule has 1 aromatic heterocycles. The van der Waals surface area contributed by atoms with E-state index in [4.69, 9.17) is 0 Å². The van der Waals surface area contributed by atoms with Gasteiger partial charge >= 0.3 is 0 Å². The Morgan fingerprint density at radius 1 is 1.40 bits per heavy atom. The maximum absolute atomic E-state index is 12.5. The van der Waals surface area contributed by atoms with Crippen molar-refractivity contribution >= 4 is 5.91 Å². The molecule has 4 nitrogen and oxygen atoms in total. The SMILES string of the molecule is CCNC1CCC(N(C)C(=O)c2ccnc(C)c2)CC1. The second kappa shape index (κ2) is 6.84. The van der Waals surface area contributed by atoms with E-state index in [2.05, 4.69) is 17.2 Å². The molecule has 1 aliphatic rings. The van der Waals surface area contributed by atoms with Crippen molar-refractivity contribution in [3.05, 3.63) is 29.6 Å². The zero-order valence-electron chi connectivity index (χ0n) is 12.7. The lowest BCUT2D eigenvalue weighted by atomic mass is 9.90. The van der Waals surface area contributed by atoms with Crippen molar-refractivity contribution in [3.8, 4) is 0 Å². The van der Waals surface area contributed by atoms with Gasteiger partial charge in [0, 0.05) is 36.6 Å². The molecule has 0 unspecified atom stereocenters. The minimum Gasteiger partial charge on any atom is -0.339 e. The Morgan fingerprint density at radius 2 is 2.10 bits per heavy atom. The Bertz CT molecular complexity index is 453. The molecule has 0 bridgehead atoms. The van der Waals surface area contributed by atoms with Crippen molar-refractivity contribution in [2.24, 2.45) is 0 Å². The van der Waals surface area contributed by atoms with Crippen LogP contribution in [-0.2, 0) is 0 Å². The van der Waals surface area contributed by atoms with Crippen molar-refractivity contribution in [2.45, 2.75) is 51.6 Å². The van der Waals surface area contributed by atoms with Gasteiger partial charge in [0.1, 0.15) is 0 Å². The molecule has 0 aromatic carbocycles. The van der Waals surface area contributed by atoms with Crippen LogP contribution in [0.3, 0.4) is 0 Å². The minimum atomic E-state index is 0.113. The summed E-state index contributed by atoms with van der Waals surface area (Å²) in [5, 5.41) is 3.50. The van der Waals surface area contributed by atoms with Crippen LogP contribution in [0.15, 0.2) is 18.3 Å². The number of nitrogens with zero attached hydrogens (tertiary/aromatic N) is 2. The Morgan fingerprint density at radius 3 is 2.70 bits per heavy atom. The van der Waals surface area contributed by atoms with Gasteiger partial charge in [-0.1, -0.05) is 6.92 Å². The van der Waals surface area contributed by atoms with E-state index in [9.17, 15) is 4.79 Å². The molecule has 1 heterocycles. The molecule has 110 valence electrons. The number of rotatable bonds is 4. The van der Waals surface area contributed by atoms with Crippen molar-refractivity contribution in [1.82, 2.24) is 15.2 Å². The highest BCUT2D eigenvalue weighted by molar-refractivity contribution is 5.94. The first-order valence-electron chi connectivity index (χ1n) is 7.55. The van der Waals surface area contributed by atoms with Crippen LogP contribution in [0.25, 0.3) is 0 Å². The third-order valence-corrected chi connectivity index (χ3v) is 4.20. The highest BCUT2D eigenvalue weighted by Gasteiger charge is 2.26. The van der Waals surface area contributed by atoms with Gasteiger partial charge in [-0.25, -0.2) is 0 Å². The number of carbonyl (C=O) groups is 1. The van der Waals surface area contributed by atoms with Crippen LogP contribution >= 0.6 is 0 Å². The third-order valence-electron chi connectivity index (χ3n) is 4.20. The molecule has 1 amide bonds. The molecule has 1 aliphatic carbocycles. The van der Waals surface area contributed by atoms with Gasteiger partial charge in [-0.3, -0.25) is 9.78 Å². The average molecular weight is 275 g/mol. The molecular formula is C16H25N3O. The monoisotopic (exact) mass is 275 g/mol. The summed E-state index contributed by atoms with van der Waals surface area (Å²) in [4.78, 5) is 18.5. The number of nitrogens with one attached hydrogen (secondary N) is 1. The molecule has 0 radical (unpaired) electrons. The Hall–Kier alpha value is -1.42. The fourth-order valence-electron chi connectivity index (χ4n) is 3.00. The van der Waals surface area contributed by atoms with Gasteiger partial charge in [-0.2, -0.15) is 0 Å². The highest BCUT2D eigenvalue weighted by atomic mass is 16.2.